The first kappa shape index (κ1) is 17.2. The Hall–Kier alpha value is -2.16. The zero-order valence-electron chi connectivity index (χ0n) is 12.2. The van der Waals surface area contributed by atoms with Gasteiger partial charge in [0.2, 0.25) is 0 Å². The third-order valence-corrected chi connectivity index (χ3v) is 3.55. The van der Waals surface area contributed by atoms with Crippen LogP contribution in [0, 0.1) is 9.39 Å². The summed E-state index contributed by atoms with van der Waals surface area (Å²) < 4.78 is 19.1. The Morgan fingerprint density at radius 3 is 2.48 bits per heavy atom. The van der Waals surface area contributed by atoms with Crippen LogP contribution < -0.4 is 15.6 Å². The van der Waals surface area contributed by atoms with Crippen LogP contribution >= 0.6 is 22.6 Å². The van der Waals surface area contributed by atoms with Gasteiger partial charge >= 0.3 is 0 Å². The van der Waals surface area contributed by atoms with Gasteiger partial charge in [0.05, 0.1) is 0 Å². The SMILES string of the molecule is CC(Oc1ccc(F)cc1)C(=O)NNC(=O)c1cccc(I)c1. The van der Waals surface area contributed by atoms with Gasteiger partial charge in [0.1, 0.15) is 11.6 Å². The molecule has 2 rings (SSSR count). The van der Waals surface area contributed by atoms with Crippen molar-refractivity contribution in [1.29, 1.82) is 0 Å². The van der Waals surface area contributed by atoms with Gasteiger partial charge in [0.25, 0.3) is 11.8 Å². The number of amides is 2. The third-order valence-electron chi connectivity index (χ3n) is 2.88. The minimum absolute atomic E-state index is 0.359. The van der Waals surface area contributed by atoms with Crippen LogP contribution in [0.15, 0.2) is 48.5 Å². The Labute approximate surface area is 146 Å². The Morgan fingerprint density at radius 1 is 1.13 bits per heavy atom. The number of carbonyl (C=O) groups is 2. The van der Waals surface area contributed by atoms with E-state index in [0.29, 0.717) is 11.3 Å². The fraction of sp³-hybridized carbons (Fsp3) is 0.125. The maximum absolute atomic E-state index is 12.8. The van der Waals surface area contributed by atoms with E-state index >= 15 is 0 Å². The van der Waals surface area contributed by atoms with E-state index in [9.17, 15) is 14.0 Å². The van der Waals surface area contributed by atoms with E-state index in [2.05, 4.69) is 33.4 Å². The monoisotopic (exact) mass is 428 g/mol. The molecule has 0 radical (unpaired) electrons. The highest BCUT2D eigenvalue weighted by molar-refractivity contribution is 14.1. The summed E-state index contributed by atoms with van der Waals surface area (Å²) in [4.78, 5) is 23.8. The van der Waals surface area contributed by atoms with Crippen molar-refractivity contribution in [2.75, 3.05) is 0 Å². The molecule has 120 valence electrons. The molecule has 2 amide bonds. The summed E-state index contributed by atoms with van der Waals surface area (Å²) in [5, 5.41) is 0. The Kier molecular flexibility index (Phi) is 5.91. The normalized spacial score (nSPS) is 11.4. The lowest BCUT2D eigenvalue weighted by Gasteiger charge is -2.15. The van der Waals surface area contributed by atoms with E-state index in [1.165, 1.54) is 31.2 Å². The molecule has 0 aromatic heterocycles. The van der Waals surface area contributed by atoms with E-state index in [1.807, 2.05) is 6.07 Å². The molecule has 0 saturated carbocycles. The molecule has 0 bridgehead atoms. The molecular formula is C16H14FIN2O3. The summed E-state index contributed by atoms with van der Waals surface area (Å²) in [5.41, 5.74) is 5.05. The van der Waals surface area contributed by atoms with Crippen LogP contribution in [0.4, 0.5) is 4.39 Å². The summed E-state index contributed by atoms with van der Waals surface area (Å²) in [5.74, 6) is -0.976. The average molecular weight is 428 g/mol. The summed E-state index contributed by atoms with van der Waals surface area (Å²) in [6, 6.07) is 12.3. The van der Waals surface area contributed by atoms with Crippen molar-refractivity contribution in [3.05, 3.63) is 63.5 Å². The number of hydrazine groups is 1. The molecule has 2 aromatic carbocycles. The van der Waals surface area contributed by atoms with Crippen LogP contribution in [-0.2, 0) is 4.79 Å². The number of hydrogen-bond donors (Lipinski definition) is 2. The van der Waals surface area contributed by atoms with E-state index in [1.54, 1.807) is 18.2 Å². The van der Waals surface area contributed by atoms with Gasteiger partial charge in [-0.2, -0.15) is 0 Å². The topological polar surface area (TPSA) is 67.4 Å². The number of halogens is 2. The van der Waals surface area contributed by atoms with Crippen LogP contribution in [0.25, 0.3) is 0 Å². The molecule has 0 saturated heterocycles. The van der Waals surface area contributed by atoms with Crippen molar-refractivity contribution in [2.45, 2.75) is 13.0 Å². The van der Waals surface area contributed by atoms with E-state index in [-0.39, 0.29) is 5.82 Å². The quantitative estimate of drug-likeness (QED) is 0.582. The molecule has 5 nitrogen and oxygen atoms in total. The Bertz CT molecular complexity index is 707. The maximum atomic E-state index is 12.8. The van der Waals surface area contributed by atoms with Gasteiger partial charge in [-0.25, -0.2) is 4.39 Å². The molecule has 0 aliphatic carbocycles. The van der Waals surface area contributed by atoms with Crippen LogP contribution in [0.3, 0.4) is 0 Å². The Morgan fingerprint density at radius 2 is 1.83 bits per heavy atom. The smallest absolute Gasteiger partial charge is 0.279 e. The molecule has 0 aliphatic heterocycles. The van der Waals surface area contributed by atoms with Gasteiger partial charge in [-0.15, -0.1) is 0 Å². The second-order valence-corrected chi connectivity index (χ2v) is 5.91. The minimum atomic E-state index is -0.850. The van der Waals surface area contributed by atoms with Crippen molar-refractivity contribution in [3.63, 3.8) is 0 Å². The first-order valence-corrected chi connectivity index (χ1v) is 7.81. The largest absolute Gasteiger partial charge is 0.481 e. The molecule has 7 heteroatoms. The van der Waals surface area contributed by atoms with Crippen LogP contribution in [0.1, 0.15) is 17.3 Å². The summed E-state index contributed by atoms with van der Waals surface area (Å²) in [7, 11) is 0. The molecule has 0 fully saturated rings. The van der Waals surface area contributed by atoms with Crippen LogP contribution in [0.5, 0.6) is 5.75 Å². The average Bonchev–Trinajstić information content (AvgIpc) is 2.54. The molecule has 1 unspecified atom stereocenters. The van der Waals surface area contributed by atoms with Gasteiger partial charge < -0.3 is 4.74 Å². The molecule has 0 aliphatic rings. The van der Waals surface area contributed by atoms with Crippen molar-refractivity contribution < 1.29 is 18.7 Å². The zero-order chi connectivity index (χ0) is 16.8. The fourth-order valence-electron chi connectivity index (χ4n) is 1.69. The van der Waals surface area contributed by atoms with Gasteiger partial charge in [0, 0.05) is 9.13 Å². The lowest BCUT2D eigenvalue weighted by atomic mass is 10.2. The number of ether oxygens (including phenoxy) is 1. The fourth-order valence-corrected chi connectivity index (χ4v) is 2.24. The number of hydrogen-bond acceptors (Lipinski definition) is 3. The molecule has 1 atom stereocenters. The van der Waals surface area contributed by atoms with Crippen LogP contribution in [-0.4, -0.2) is 17.9 Å². The van der Waals surface area contributed by atoms with E-state index in [4.69, 9.17) is 4.74 Å². The number of benzene rings is 2. The lowest BCUT2D eigenvalue weighted by Crippen LogP contribution is -2.47. The van der Waals surface area contributed by atoms with Gasteiger partial charge in [-0.1, -0.05) is 6.07 Å². The highest BCUT2D eigenvalue weighted by atomic mass is 127. The summed E-state index contributed by atoms with van der Waals surface area (Å²) >= 11 is 2.09. The Balaban J connectivity index is 1.86. The van der Waals surface area contributed by atoms with Crippen molar-refractivity contribution in [2.24, 2.45) is 0 Å². The first-order valence-electron chi connectivity index (χ1n) is 6.73. The number of nitrogens with one attached hydrogen (secondary N) is 2. The molecule has 0 spiro atoms. The molecule has 2 N–H and O–H groups in total. The highest BCUT2D eigenvalue weighted by Crippen LogP contribution is 2.13. The zero-order valence-corrected chi connectivity index (χ0v) is 14.3. The third kappa shape index (κ3) is 5.20. The molecule has 0 heterocycles. The maximum Gasteiger partial charge on any atom is 0.279 e. The highest BCUT2D eigenvalue weighted by Gasteiger charge is 2.16. The van der Waals surface area contributed by atoms with Crippen LogP contribution in [0.2, 0.25) is 0 Å². The van der Waals surface area contributed by atoms with Crippen molar-refractivity contribution >= 4 is 34.4 Å². The summed E-state index contributed by atoms with van der Waals surface area (Å²) in [6.45, 7) is 1.52. The van der Waals surface area contributed by atoms with E-state index in [0.717, 1.165) is 3.57 Å². The van der Waals surface area contributed by atoms with E-state index < -0.39 is 17.9 Å². The van der Waals surface area contributed by atoms with Crippen molar-refractivity contribution in [3.8, 4) is 5.75 Å². The first-order chi connectivity index (χ1) is 11.0. The standard InChI is InChI=1S/C16H14FIN2O3/c1-10(23-14-7-5-12(17)6-8-14)15(21)19-20-16(22)11-3-2-4-13(18)9-11/h2-10H,1H3,(H,19,21)(H,20,22). The predicted molar refractivity (Wildman–Crippen MR) is 91.3 cm³/mol. The molecule has 2 aromatic rings. The number of carbonyl (C=O) groups excluding carboxylic acids is 2. The molecule has 23 heavy (non-hydrogen) atoms. The second kappa shape index (κ2) is 7.91. The minimum Gasteiger partial charge on any atom is -0.481 e. The van der Waals surface area contributed by atoms with Gasteiger partial charge in [-0.3, -0.25) is 20.4 Å². The molecular weight excluding hydrogens is 414 g/mol. The predicted octanol–water partition coefficient (Wildman–Crippen LogP) is 2.66. The van der Waals surface area contributed by atoms with Gasteiger partial charge in [-0.05, 0) is 72.0 Å². The second-order valence-electron chi connectivity index (χ2n) is 4.67. The van der Waals surface area contributed by atoms with Gasteiger partial charge in [0.15, 0.2) is 6.10 Å². The number of rotatable bonds is 4. The summed E-state index contributed by atoms with van der Waals surface area (Å²) in [6.07, 6.45) is -0.850. The lowest BCUT2D eigenvalue weighted by molar-refractivity contribution is -0.128. The van der Waals surface area contributed by atoms with Crippen molar-refractivity contribution in [1.82, 2.24) is 10.9 Å².